The Morgan fingerprint density at radius 2 is 1.83 bits per heavy atom. The van der Waals surface area contributed by atoms with Crippen LogP contribution in [0.2, 0.25) is 5.02 Å². The zero-order valence-electron chi connectivity index (χ0n) is 15.9. The summed E-state index contributed by atoms with van der Waals surface area (Å²) < 4.78 is 6.74. The first-order valence-corrected chi connectivity index (χ1v) is 10.6. The minimum atomic E-state index is -0.407. The van der Waals surface area contributed by atoms with Crippen molar-refractivity contribution >= 4 is 46.2 Å². The minimum Gasteiger partial charge on any atom is -0.488 e. The number of benzene rings is 3. The average Bonchev–Trinajstić information content (AvgIpc) is 2.77. The number of ether oxygens (including phenoxy) is 1. The summed E-state index contributed by atoms with van der Waals surface area (Å²) in [5.74, 6) is 0.301. The van der Waals surface area contributed by atoms with E-state index in [2.05, 4.69) is 27.9 Å². The van der Waals surface area contributed by atoms with Gasteiger partial charge in [0.2, 0.25) is 0 Å². The molecule has 0 heterocycles. The molecule has 6 heteroatoms. The maximum Gasteiger partial charge on any atom is 0.262 e. The van der Waals surface area contributed by atoms with Gasteiger partial charge in [-0.25, -0.2) is 0 Å². The van der Waals surface area contributed by atoms with Gasteiger partial charge in [-0.05, 0) is 58.0 Å². The summed E-state index contributed by atoms with van der Waals surface area (Å²) in [6.45, 7) is 0.723. The van der Waals surface area contributed by atoms with Crippen LogP contribution in [0.3, 0.4) is 0 Å². The maximum atomic E-state index is 12.4. The van der Waals surface area contributed by atoms with Crippen molar-refractivity contribution in [2.45, 2.75) is 13.2 Å². The zero-order chi connectivity index (χ0) is 21.3. The lowest BCUT2D eigenvalue weighted by Crippen LogP contribution is -2.23. The summed E-state index contributed by atoms with van der Waals surface area (Å²) in [6, 6.07) is 24.5. The van der Waals surface area contributed by atoms with E-state index >= 15 is 0 Å². The van der Waals surface area contributed by atoms with Crippen molar-refractivity contribution in [1.29, 1.82) is 5.26 Å². The zero-order valence-corrected chi connectivity index (χ0v) is 18.9. The molecule has 3 aromatic carbocycles. The standard InChI is InChI=1S/C24H18ClIN2O2/c25-21-9-5-4-8-19(21)16-30-23-11-10-18(13-22(23)26)12-20(14-27)24(29)28-15-17-6-2-1-3-7-17/h1-13H,15-16H2,(H,28,29)/b20-12-. The number of nitrogens with one attached hydrogen (secondary N) is 1. The van der Waals surface area contributed by atoms with Crippen molar-refractivity contribution in [3.8, 4) is 11.8 Å². The van der Waals surface area contributed by atoms with E-state index in [9.17, 15) is 10.1 Å². The van der Waals surface area contributed by atoms with Crippen LogP contribution < -0.4 is 10.1 Å². The molecule has 30 heavy (non-hydrogen) atoms. The van der Waals surface area contributed by atoms with Gasteiger partial charge in [-0.1, -0.05) is 66.2 Å². The van der Waals surface area contributed by atoms with Crippen LogP contribution in [0.25, 0.3) is 6.08 Å². The average molecular weight is 529 g/mol. The van der Waals surface area contributed by atoms with E-state index in [4.69, 9.17) is 16.3 Å². The fourth-order valence-corrected chi connectivity index (χ4v) is 3.57. The van der Waals surface area contributed by atoms with Crippen LogP contribution in [-0.4, -0.2) is 5.91 Å². The van der Waals surface area contributed by atoms with E-state index < -0.39 is 5.91 Å². The second-order valence-electron chi connectivity index (χ2n) is 6.41. The van der Waals surface area contributed by atoms with E-state index in [1.165, 1.54) is 0 Å². The van der Waals surface area contributed by atoms with Crippen molar-refractivity contribution in [1.82, 2.24) is 5.32 Å². The second kappa shape index (κ2) is 10.8. The van der Waals surface area contributed by atoms with Crippen molar-refractivity contribution in [3.05, 3.63) is 104 Å². The number of hydrogen-bond donors (Lipinski definition) is 1. The Labute approximate surface area is 194 Å². The number of amides is 1. The Hall–Kier alpha value is -2.82. The number of nitriles is 1. The van der Waals surface area contributed by atoms with Crippen LogP contribution in [0.4, 0.5) is 0 Å². The number of halogens is 2. The highest BCUT2D eigenvalue weighted by atomic mass is 127. The van der Waals surface area contributed by atoms with Gasteiger partial charge in [0.05, 0.1) is 3.57 Å². The van der Waals surface area contributed by atoms with Crippen LogP contribution in [0.1, 0.15) is 16.7 Å². The lowest BCUT2D eigenvalue weighted by atomic mass is 10.1. The highest BCUT2D eigenvalue weighted by Crippen LogP contribution is 2.25. The molecule has 0 fully saturated rings. The SMILES string of the molecule is N#C/C(=C/c1ccc(OCc2ccccc2Cl)c(I)c1)C(=O)NCc1ccccc1. The first-order chi connectivity index (χ1) is 14.6. The lowest BCUT2D eigenvalue weighted by Gasteiger charge is -2.10. The third-order valence-electron chi connectivity index (χ3n) is 4.27. The Balaban J connectivity index is 1.66. The van der Waals surface area contributed by atoms with Gasteiger partial charge in [0.1, 0.15) is 24.0 Å². The molecular weight excluding hydrogens is 511 g/mol. The molecule has 0 atom stereocenters. The first-order valence-electron chi connectivity index (χ1n) is 9.16. The molecule has 150 valence electrons. The predicted octanol–water partition coefficient (Wildman–Crippen LogP) is 5.75. The Bertz CT molecular complexity index is 1110. The topological polar surface area (TPSA) is 62.1 Å². The number of rotatable bonds is 7. The molecule has 0 bridgehead atoms. The van der Waals surface area contributed by atoms with Gasteiger partial charge in [-0.3, -0.25) is 4.79 Å². The van der Waals surface area contributed by atoms with Gasteiger partial charge in [0.15, 0.2) is 0 Å². The van der Waals surface area contributed by atoms with Crippen molar-refractivity contribution in [3.63, 3.8) is 0 Å². The number of hydrogen-bond acceptors (Lipinski definition) is 3. The second-order valence-corrected chi connectivity index (χ2v) is 7.98. The summed E-state index contributed by atoms with van der Waals surface area (Å²) >= 11 is 8.33. The number of carbonyl (C=O) groups excluding carboxylic acids is 1. The fourth-order valence-electron chi connectivity index (χ4n) is 2.68. The van der Waals surface area contributed by atoms with E-state index in [0.29, 0.717) is 23.9 Å². The smallest absolute Gasteiger partial charge is 0.262 e. The Morgan fingerprint density at radius 1 is 1.10 bits per heavy atom. The van der Waals surface area contributed by atoms with Crippen LogP contribution >= 0.6 is 34.2 Å². The monoisotopic (exact) mass is 528 g/mol. The van der Waals surface area contributed by atoms with Crippen molar-refractivity contribution < 1.29 is 9.53 Å². The molecule has 0 aliphatic carbocycles. The van der Waals surface area contributed by atoms with Crippen molar-refractivity contribution in [2.24, 2.45) is 0 Å². The van der Waals surface area contributed by atoms with E-state index in [1.54, 1.807) is 6.08 Å². The molecule has 0 radical (unpaired) electrons. The summed E-state index contributed by atoms with van der Waals surface area (Å²) in [7, 11) is 0. The van der Waals surface area contributed by atoms with E-state index in [-0.39, 0.29) is 5.57 Å². The summed E-state index contributed by atoms with van der Waals surface area (Å²) in [6.07, 6.45) is 1.57. The van der Waals surface area contributed by atoms with Gasteiger partial charge < -0.3 is 10.1 Å². The van der Waals surface area contributed by atoms with Crippen LogP contribution in [0.5, 0.6) is 5.75 Å². The highest BCUT2D eigenvalue weighted by Gasteiger charge is 2.10. The lowest BCUT2D eigenvalue weighted by molar-refractivity contribution is -0.117. The van der Waals surface area contributed by atoms with Crippen LogP contribution in [0.15, 0.2) is 78.4 Å². The van der Waals surface area contributed by atoms with E-state index in [0.717, 1.165) is 20.3 Å². The van der Waals surface area contributed by atoms with E-state index in [1.807, 2.05) is 78.9 Å². The third kappa shape index (κ3) is 6.09. The molecule has 0 saturated heterocycles. The van der Waals surface area contributed by atoms with Gasteiger partial charge in [0, 0.05) is 17.1 Å². The fraction of sp³-hybridized carbons (Fsp3) is 0.0833. The molecule has 3 aromatic rings. The Morgan fingerprint density at radius 3 is 2.53 bits per heavy atom. The molecule has 0 unspecified atom stereocenters. The molecule has 0 spiro atoms. The predicted molar refractivity (Wildman–Crippen MR) is 127 cm³/mol. The normalized spacial score (nSPS) is 10.9. The molecule has 1 amide bonds. The number of carbonyl (C=O) groups is 1. The first kappa shape index (κ1) is 21.9. The van der Waals surface area contributed by atoms with Gasteiger partial charge in [-0.15, -0.1) is 0 Å². The van der Waals surface area contributed by atoms with Gasteiger partial charge in [0.25, 0.3) is 5.91 Å². The number of nitrogens with zero attached hydrogens (tertiary/aromatic N) is 1. The van der Waals surface area contributed by atoms with Gasteiger partial charge >= 0.3 is 0 Å². The quantitative estimate of drug-likeness (QED) is 0.241. The highest BCUT2D eigenvalue weighted by molar-refractivity contribution is 14.1. The van der Waals surface area contributed by atoms with Crippen LogP contribution in [0, 0.1) is 14.9 Å². The molecule has 4 nitrogen and oxygen atoms in total. The van der Waals surface area contributed by atoms with Crippen LogP contribution in [-0.2, 0) is 17.9 Å². The molecule has 3 rings (SSSR count). The van der Waals surface area contributed by atoms with Crippen molar-refractivity contribution in [2.75, 3.05) is 0 Å². The summed E-state index contributed by atoms with van der Waals surface area (Å²) in [4.78, 5) is 12.4. The summed E-state index contributed by atoms with van der Waals surface area (Å²) in [5, 5.41) is 12.8. The molecule has 1 N–H and O–H groups in total. The molecule has 0 aliphatic rings. The molecular formula is C24H18ClIN2O2. The molecule has 0 saturated carbocycles. The third-order valence-corrected chi connectivity index (χ3v) is 5.48. The largest absolute Gasteiger partial charge is 0.488 e. The molecule has 0 aliphatic heterocycles. The minimum absolute atomic E-state index is 0.0477. The maximum absolute atomic E-state index is 12.4. The Kier molecular flexibility index (Phi) is 7.89. The molecule has 0 aromatic heterocycles. The van der Waals surface area contributed by atoms with Gasteiger partial charge in [-0.2, -0.15) is 5.26 Å². The summed E-state index contributed by atoms with van der Waals surface area (Å²) in [5.41, 5.74) is 2.67.